The number of hydrogen-bond donors (Lipinski definition) is 4. The Balaban J connectivity index is 1.39. The number of amides is 3. The number of rotatable bonds is 14. The van der Waals surface area contributed by atoms with Crippen LogP contribution in [0.4, 0.5) is 28.4 Å². The van der Waals surface area contributed by atoms with Crippen LogP contribution in [-0.4, -0.2) is 59.0 Å². The molecule has 9 nitrogen and oxygen atoms in total. The van der Waals surface area contributed by atoms with Crippen molar-refractivity contribution in [3.8, 4) is 0 Å². The molecule has 3 amide bonds. The summed E-state index contributed by atoms with van der Waals surface area (Å²) in [4.78, 5) is 44.5. The van der Waals surface area contributed by atoms with Gasteiger partial charge >= 0.3 is 0 Å². The molecule has 11 heteroatoms. The van der Waals surface area contributed by atoms with Crippen molar-refractivity contribution in [2.45, 2.75) is 44.9 Å². The number of nitrogens with zero attached hydrogens (tertiary/aromatic N) is 2. The van der Waals surface area contributed by atoms with Gasteiger partial charge in [-0.3, -0.25) is 14.4 Å². The van der Waals surface area contributed by atoms with E-state index in [1.165, 1.54) is 12.8 Å². The molecule has 1 aliphatic heterocycles. The van der Waals surface area contributed by atoms with Crippen molar-refractivity contribution in [3.05, 3.63) is 60.7 Å². The lowest BCUT2D eigenvalue weighted by molar-refractivity contribution is -0.117. The Kier molecular flexibility index (Phi) is 11.5. The van der Waals surface area contributed by atoms with Gasteiger partial charge in [-0.15, -0.1) is 23.2 Å². The zero-order valence-electron chi connectivity index (χ0n) is 25.1. The lowest BCUT2D eigenvalue weighted by Crippen LogP contribution is -2.25. The standard InChI is InChI=1S/C34H38Cl2N6O3/c35-16-3-5-31(43)38-25-11-13-27-29(21-25)41-30-22-26(39-32(44)6-4-17-36)12-14-28(30)34(27)40-24-9-7-23(8-10-24)37-33(45)15-20-42-18-1-2-19-42/h7-14,21-22H,1-6,15-20H2,(H,37,45)(H,38,43)(H,39,44)(H,40,41). The summed E-state index contributed by atoms with van der Waals surface area (Å²) in [5.41, 5.74) is 5.01. The second kappa shape index (κ2) is 15.9. The Morgan fingerprint density at radius 3 is 1.64 bits per heavy atom. The molecule has 0 spiro atoms. The SMILES string of the molecule is O=C(CCCCl)Nc1ccc2c(Nc3ccc(NC(=O)CCN4CCCC4)cc3)c3ccc(NC(=O)CCCCl)cc3nc2c1. The van der Waals surface area contributed by atoms with Gasteiger partial charge in [-0.05, 0) is 99.4 Å². The summed E-state index contributed by atoms with van der Waals surface area (Å²) in [6.45, 7) is 2.92. The molecule has 0 radical (unpaired) electrons. The van der Waals surface area contributed by atoms with Gasteiger partial charge < -0.3 is 26.2 Å². The number of halogens is 2. The van der Waals surface area contributed by atoms with Crippen LogP contribution in [0, 0.1) is 0 Å². The van der Waals surface area contributed by atoms with E-state index in [1.807, 2.05) is 60.7 Å². The van der Waals surface area contributed by atoms with Crippen LogP contribution in [0.5, 0.6) is 0 Å². The minimum absolute atomic E-state index is 0.00448. The average Bonchev–Trinajstić information content (AvgIpc) is 3.56. The van der Waals surface area contributed by atoms with Gasteiger partial charge in [0.1, 0.15) is 0 Å². The molecule has 1 aromatic heterocycles. The third-order valence-electron chi connectivity index (χ3n) is 7.71. The normalized spacial score (nSPS) is 13.2. The van der Waals surface area contributed by atoms with Crippen molar-refractivity contribution in [1.82, 2.24) is 9.88 Å². The Labute approximate surface area is 273 Å². The highest BCUT2D eigenvalue weighted by molar-refractivity contribution is 6.18. The van der Waals surface area contributed by atoms with E-state index < -0.39 is 0 Å². The van der Waals surface area contributed by atoms with Crippen LogP contribution < -0.4 is 21.3 Å². The minimum Gasteiger partial charge on any atom is -0.354 e. The Bertz CT molecular complexity index is 1580. The maximum Gasteiger partial charge on any atom is 0.225 e. The molecule has 5 rings (SSSR count). The first-order valence-electron chi connectivity index (χ1n) is 15.4. The lowest BCUT2D eigenvalue weighted by Gasteiger charge is -2.16. The van der Waals surface area contributed by atoms with Crippen molar-refractivity contribution >= 4 is 91.2 Å². The first-order chi connectivity index (χ1) is 21.9. The van der Waals surface area contributed by atoms with Crippen molar-refractivity contribution in [2.24, 2.45) is 0 Å². The van der Waals surface area contributed by atoms with E-state index in [0.29, 0.717) is 66.3 Å². The number of carbonyl (C=O) groups excluding carboxylic acids is 3. The summed E-state index contributed by atoms with van der Waals surface area (Å²) in [6.07, 6.45) is 4.74. The molecule has 1 aliphatic rings. The average molecular weight is 650 g/mol. The predicted molar refractivity (Wildman–Crippen MR) is 185 cm³/mol. The number of pyridine rings is 1. The third kappa shape index (κ3) is 9.06. The number of benzene rings is 3. The zero-order valence-corrected chi connectivity index (χ0v) is 26.6. The van der Waals surface area contributed by atoms with Crippen LogP contribution in [0.25, 0.3) is 21.8 Å². The molecule has 236 valence electrons. The maximum atomic E-state index is 12.5. The summed E-state index contributed by atoms with van der Waals surface area (Å²) < 4.78 is 0. The summed E-state index contributed by atoms with van der Waals surface area (Å²) in [5, 5.41) is 14.1. The van der Waals surface area contributed by atoms with Crippen LogP contribution in [0.3, 0.4) is 0 Å². The molecule has 4 N–H and O–H groups in total. The second-order valence-electron chi connectivity index (χ2n) is 11.2. The lowest BCUT2D eigenvalue weighted by atomic mass is 10.1. The van der Waals surface area contributed by atoms with Crippen LogP contribution in [-0.2, 0) is 14.4 Å². The number of anilines is 5. The van der Waals surface area contributed by atoms with Gasteiger partial charge in [0.15, 0.2) is 0 Å². The van der Waals surface area contributed by atoms with Crippen LogP contribution in [0.15, 0.2) is 60.7 Å². The van der Waals surface area contributed by atoms with Gasteiger partial charge in [0.25, 0.3) is 0 Å². The first-order valence-corrected chi connectivity index (χ1v) is 16.5. The summed E-state index contributed by atoms with van der Waals surface area (Å²) in [7, 11) is 0. The van der Waals surface area contributed by atoms with Gasteiger partial charge in [0.05, 0.1) is 16.7 Å². The number of hydrogen-bond acceptors (Lipinski definition) is 6. The predicted octanol–water partition coefficient (Wildman–Crippen LogP) is 7.47. The van der Waals surface area contributed by atoms with Gasteiger partial charge in [0, 0.05) is 71.1 Å². The largest absolute Gasteiger partial charge is 0.354 e. The number of likely N-dealkylation sites (tertiary alicyclic amines) is 1. The first kappa shape index (κ1) is 32.5. The Hall–Kier alpha value is -3.92. The van der Waals surface area contributed by atoms with E-state index in [4.69, 9.17) is 28.2 Å². The molecule has 4 aromatic rings. The van der Waals surface area contributed by atoms with Gasteiger partial charge in [-0.25, -0.2) is 4.98 Å². The molecule has 0 aliphatic carbocycles. The highest BCUT2D eigenvalue weighted by Gasteiger charge is 2.15. The van der Waals surface area contributed by atoms with E-state index in [9.17, 15) is 14.4 Å². The Morgan fingerprint density at radius 1 is 0.644 bits per heavy atom. The molecular weight excluding hydrogens is 611 g/mol. The molecule has 1 fully saturated rings. The fourth-order valence-corrected chi connectivity index (χ4v) is 5.68. The molecule has 0 saturated carbocycles. The Morgan fingerprint density at radius 2 is 1.11 bits per heavy atom. The van der Waals surface area contributed by atoms with Crippen LogP contribution in [0.2, 0.25) is 0 Å². The van der Waals surface area contributed by atoms with Gasteiger partial charge in [-0.1, -0.05) is 0 Å². The van der Waals surface area contributed by atoms with E-state index in [0.717, 1.165) is 47.5 Å². The van der Waals surface area contributed by atoms with E-state index in [-0.39, 0.29) is 17.7 Å². The molecular formula is C34H38Cl2N6O3. The summed E-state index contributed by atoms with van der Waals surface area (Å²) >= 11 is 11.5. The monoisotopic (exact) mass is 648 g/mol. The minimum atomic E-state index is -0.112. The molecule has 45 heavy (non-hydrogen) atoms. The number of carbonyl (C=O) groups is 3. The molecule has 0 atom stereocenters. The fourth-order valence-electron chi connectivity index (χ4n) is 5.41. The number of alkyl halides is 2. The molecule has 0 unspecified atom stereocenters. The second-order valence-corrected chi connectivity index (χ2v) is 11.9. The van der Waals surface area contributed by atoms with Crippen molar-refractivity contribution in [3.63, 3.8) is 0 Å². The number of nitrogens with one attached hydrogen (secondary N) is 4. The van der Waals surface area contributed by atoms with E-state index in [2.05, 4.69) is 26.2 Å². The number of aromatic nitrogens is 1. The maximum absolute atomic E-state index is 12.5. The van der Waals surface area contributed by atoms with Gasteiger partial charge in [0.2, 0.25) is 17.7 Å². The van der Waals surface area contributed by atoms with Crippen molar-refractivity contribution in [1.29, 1.82) is 0 Å². The highest BCUT2D eigenvalue weighted by Crippen LogP contribution is 2.36. The van der Waals surface area contributed by atoms with Crippen molar-refractivity contribution < 1.29 is 14.4 Å². The number of fused-ring (bicyclic) bond motifs is 2. The quantitative estimate of drug-likeness (QED) is 0.0833. The summed E-state index contributed by atoms with van der Waals surface area (Å²) in [6, 6.07) is 18.8. The molecule has 0 bridgehead atoms. The molecule has 2 heterocycles. The topological polar surface area (TPSA) is 115 Å². The van der Waals surface area contributed by atoms with E-state index in [1.54, 1.807) is 0 Å². The van der Waals surface area contributed by atoms with E-state index >= 15 is 0 Å². The molecule has 1 saturated heterocycles. The third-order valence-corrected chi connectivity index (χ3v) is 8.24. The van der Waals surface area contributed by atoms with Gasteiger partial charge in [-0.2, -0.15) is 0 Å². The van der Waals surface area contributed by atoms with Crippen molar-refractivity contribution in [2.75, 3.05) is 52.7 Å². The van der Waals surface area contributed by atoms with Crippen LogP contribution >= 0.6 is 23.2 Å². The fraction of sp³-hybridized carbons (Fsp3) is 0.353. The molecule has 3 aromatic carbocycles. The summed E-state index contributed by atoms with van der Waals surface area (Å²) in [5.74, 6) is 0.623. The highest BCUT2D eigenvalue weighted by atomic mass is 35.5. The zero-order chi connectivity index (χ0) is 31.6. The smallest absolute Gasteiger partial charge is 0.225 e. The van der Waals surface area contributed by atoms with Crippen LogP contribution in [0.1, 0.15) is 44.9 Å².